The molecule has 4 nitrogen and oxygen atoms in total. The van der Waals surface area contributed by atoms with Crippen molar-refractivity contribution in [3.8, 4) is 0 Å². The van der Waals surface area contributed by atoms with E-state index in [1.54, 1.807) is 23.6 Å². The maximum atomic E-state index is 12.8. The van der Waals surface area contributed by atoms with Crippen molar-refractivity contribution in [2.24, 2.45) is 0 Å². The molecule has 0 saturated carbocycles. The molecule has 3 rings (SSSR count). The molecular formula is C13H8FNO3S. The van der Waals surface area contributed by atoms with E-state index in [0.29, 0.717) is 10.2 Å². The first-order chi connectivity index (χ1) is 9.15. The summed E-state index contributed by atoms with van der Waals surface area (Å²) in [5.74, 6) is -1.04. The summed E-state index contributed by atoms with van der Waals surface area (Å²) in [6, 6.07) is 7.45. The molecule has 0 aliphatic rings. The molecule has 0 radical (unpaired) electrons. The minimum absolute atomic E-state index is 0.236. The van der Waals surface area contributed by atoms with Crippen molar-refractivity contribution in [2.75, 3.05) is 0 Å². The molecule has 0 unspecified atom stereocenters. The van der Waals surface area contributed by atoms with Crippen molar-refractivity contribution in [1.29, 1.82) is 0 Å². The van der Waals surface area contributed by atoms with E-state index < -0.39 is 11.4 Å². The van der Waals surface area contributed by atoms with Crippen molar-refractivity contribution >= 4 is 21.6 Å². The summed E-state index contributed by atoms with van der Waals surface area (Å²) in [6.45, 7) is 0.236. The summed E-state index contributed by atoms with van der Waals surface area (Å²) in [6.07, 6.45) is 0. The van der Waals surface area contributed by atoms with E-state index in [1.807, 2.05) is 0 Å². The number of thiophene rings is 1. The van der Waals surface area contributed by atoms with Crippen LogP contribution in [0.4, 0.5) is 4.39 Å². The van der Waals surface area contributed by atoms with Gasteiger partial charge in [-0.1, -0.05) is 12.1 Å². The molecule has 19 heavy (non-hydrogen) atoms. The highest BCUT2D eigenvalue weighted by atomic mass is 32.1. The lowest BCUT2D eigenvalue weighted by molar-refractivity contribution is 0.426. The average molecular weight is 277 g/mol. The Morgan fingerprint density at radius 1 is 1.16 bits per heavy atom. The highest BCUT2D eigenvalue weighted by Crippen LogP contribution is 2.17. The number of nitrogens with zero attached hydrogens (tertiary/aromatic N) is 1. The van der Waals surface area contributed by atoms with Crippen molar-refractivity contribution in [3.63, 3.8) is 0 Å². The maximum Gasteiger partial charge on any atom is 0.423 e. The van der Waals surface area contributed by atoms with Gasteiger partial charge in [0, 0.05) is 0 Å². The van der Waals surface area contributed by atoms with Gasteiger partial charge in [0.25, 0.3) is 0 Å². The number of rotatable bonds is 2. The minimum Gasteiger partial charge on any atom is -0.372 e. The molecule has 0 aliphatic carbocycles. The smallest absolute Gasteiger partial charge is 0.372 e. The van der Waals surface area contributed by atoms with Crippen LogP contribution in [0.15, 0.2) is 49.7 Å². The molecule has 2 aromatic heterocycles. The van der Waals surface area contributed by atoms with Crippen molar-refractivity contribution in [2.45, 2.75) is 6.54 Å². The lowest BCUT2D eigenvalue weighted by atomic mass is 10.2. The molecule has 96 valence electrons. The van der Waals surface area contributed by atoms with Crippen LogP contribution in [0, 0.1) is 5.82 Å². The standard InChI is InChI=1S/C13H8FNO3S/c14-9-3-1-8(2-4-9)7-15-11-10(5-6-19-11)12(16)18-13(15)17/h1-6H,7H2. The SMILES string of the molecule is O=c1oc(=O)n(Cc2ccc(F)cc2)c2sccc12. The van der Waals surface area contributed by atoms with Crippen LogP contribution < -0.4 is 11.4 Å². The van der Waals surface area contributed by atoms with E-state index in [2.05, 4.69) is 4.42 Å². The Labute approximate surface area is 110 Å². The van der Waals surface area contributed by atoms with Crippen LogP contribution in [0.3, 0.4) is 0 Å². The van der Waals surface area contributed by atoms with Crippen LogP contribution in [0.5, 0.6) is 0 Å². The van der Waals surface area contributed by atoms with Crippen LogP contribution in [0.1, 0.15) is 5.56 Å². The van der Waals surface area contributed by atoms with Gasteiger partial charge in [0.1, 0.15) is 10.6 Å². The first-order valence-corrected chi connectivity index (χ1v) is 6.39. The van der Waals surface area contributed by atoms with E-state index in [1.165, 1.54) is 28.0 Å². The van der Waals surface area contributed by atoms with Crippen LogP contribution in [0.25, 0.3) is 10.2 Å². The number of fused-ring (bicyclic) bond motifs is 1. The summed E-state index contributed by atoms with van der Waals surface area (Å²) >= 11 is 1.29. The number of benzene rings is 1. The zero-order valence-electron chi connectivity index (χ0n) is 9.63. The first kappa shape index (κ1) is 11.9. The van der Waals surface area contributed by atoms with E-state index in [9.17, 15) is 14.0 Å². The topological polar surface area (TPSA) is 52.2 Å². The second-order valence-electron chi connectivity index (χ2n) is 4.01. The predicted octanol–water partition coefficient (Wildman–Crippen LogP) is 2.20. The summed E-state index contributed by atoms with van der Waals surface area (Å²) in [7, 11) is 0. The Bertz CT molecular complexity index is 845. The molecule has 6 heteroatoms. The van der Waals surface area contributed by atoms with Gasteiger partial charge in [0.2, 0.25) is 0 Å². The Morgan fingerprint density at radius 3 is 2.63 bits per heavy atom. The first-order valence-electron chi connectivity index (χ1n) is 5.51. The molecule has 2 heterocycles. The van der Waals surface area contributed by atoms with Gasteiger partial charge in [-0.15, -0.1) is 11.3 Å². The molecule has 1 aromatic carbocycles. The van der Waals surface area contributed by atoms with Crippen LogP contribution in [-0.4, -0.2) is 4.57 Å². The Balaban J connectivity index is 2.15. The van der Waals surface area contributed by atoms with Crippen molar-refractivity contribution in [3.05, 3.63) is 68.1 Å². The minimum atomic E-state index is -0.704. The molecule has 0 saturated heterocycles. The predicted molar refractivity (Wildman–Crippen MR) is 70.1 cm³/mol. The zero-order chi connectivity index (χ0) is 13.4. The molecule has 0 bridgehead atoms. The van der Waals surface area contributed by atoms with E-state index in [-0.39, 0.29) is 12.4 Å². The van der Waals surface area contributed by atoms with Crippen molar-refractivity contribution in [1.82, 2.24) is 4.57 Å². The van der Waals surface area contributed by atoms with Gasteiger partial charge in [-0.3, -0.25) is 4.57 Å². The Hall–Kier alpha value is -2.21. The van der Waals surface area contributed by atoms with Gasteiger partial charge in [-0.05, 0) is 29.1 Å². The van der Waals surface area contributed by atoms with Gasteiger partial charge in [-0.25, -0.2) is 14.0 Å². The summed E-state index contributed by atoms with van der Waals surface area (Å²) in [5.41, 5.74) is 0.128. The molecule has 0 aliphatic heterocycles. The van der Waals surface area contributed by atoms with Gasteiger partial charge in [0.15, 0.2) is 0 Å². The normalized spacial score (nSPS) is 11.0. The van der Waals surface area contributed by atoms with Gasteiger partial charge in [0.05, 0.1) is 11.9 Å². The zero-order valence-corrected chi connectivity index (χ0v) is 10.4. The molecule has 0 atom stereocenters. The molecule has 0 spiro atoms. The summed E-state index contributed by atoms with van der Waals surface area (Å²) < 4.78 is 18.9. The lowest BCUT2D eigenvalue weighted by Gasteiger charge is -2.05. The fraction of sp³-hybridized carbons (Fsp3) is 0.0769. The molecule has 0 N–H and O–H groups in total. The monoisotopic (exact) mass is 277 g/mol. The summed E-state index contributed by atoms with van der Waals surface area (Å²) in [4.78, 5) is 23.8. The number of hydrogen-bond donors (Lipinski definition) is 0. The second-order valence-corrected chi connectivity index (χ2v) is 4.90. The molecule has 0 fully saturated rings. The van der Waals surface area contributed by atoms with Gasteiger partial charge >= 0.3 is 11.4 Å². The molecule has 0 amide bonds. The summed E-state index contributed by atoms with van der Waals surface area (Å²) in [5, 5.41) is 2.11. The number of halogens is 1. The molecular weight excluding hydrogens is 269 g/mol. The number of hydrogen-bond acceptors (Lipinski definition) is 4. The maximum absolute atomic E-state index is 12.8. The highest BCUT2D eigenvalue weighted by Gasteiger charge is 2.10. The fourth-order valence-corrected chi connectivity index (χ4v) is 2.72. The Morgan fingerprint density at radius 2 is 1.89 bits per heavy atom. The van der Waals surface area contributed by atoms with E-state index in [0.717, 1.165) is 5.56 Å². The molecule has 3 aromatic rings. The highest BCUT2D eigenvalue weighted by molar-refractivity contribution is 7.16. The third-order valence-corrected chi connectivity index (χ3v) is 3.70. The fourth-order valence-electron chi connectivity index (χ4n) is 1.85. The van der Waals surface area contributed by atoms with Crippen LogP contribution in [-0.2, 0) is 6.54 Å². The van der Waals surface area contributed by atoms with Gasteiger partial charge < -0.3 is 4.42 Å². The van der Waals surface area contributed by atoms with E-state index >= 15 is 0 Å². The quantitative estimate of drug-likeness (QED) is 0.721. The third-order valence-electron chi connectivity index (χ3n) is 2.76. The average Bonchev–Trinajstić information content (AvgIpc) is 2.86. The number of aromatic nitrogens is 1. The van der Waals surface area contributed by atoms with Gasteiger partial charge in [-0.2, -0.15) is 0 Å². The largest absolute Gasteiger partial charge is 0.423 e. The second kappa shape index (κ2) is 4.47. The Kier molecular flexibility index (Phi) is 2.79. The van der Waals surface area contributed by atoms with Crippen LogP contribution >= 0.6 is 11.3 Å². The van der Waals surface area contributed by atoms with E-state index in [4.69, 9.17) is 0 Å². The lowest BCUT2D eigenvalue weighted by Crippen LogP contribution is -2.24. The van der Waals surface area contributed by atoms with Crippen LogP contribution in [0.2, 0.25) is 0 Å². The van der Waals surface area contributed by atoms with Crippen molar-refractivity contribution < 1.29 is 8.81 Å². The third kappa shape index (κ3) is 2.10.